The summed E-state index contributed by atoms with van der Waals surface area (Å²) in [4.78, 5) is 18.9. The molecule has 0 saturated heterocycles. The minimum absolute atomic E-state index is 0. The molecule has 0 bridgehead atoms. The van der Waals surface area contributed by atoms with Gasteiger partial charge in [-0.05, 0) is 0 Å². The van der Waals surface area contributed by atoms with E-state index in [1.165, 1.54) is 0 Å². The van der Waals surface area contributed by atoms with Crippen LogP contribution < -0.4 is 0 Å². The molecule has 0 radical (unpaired) electrons. The fraction of sp³-hybridized carbons (Fsp3) is 0.333. The van der Waals surface area contributed by atoms with E-state index in [2.05, 4.69) is 0 Å². The molecule has 66 valence electrons. The average molecular weight is 333 g/mol. The first-order valence-corrected chi connectivity index (χ1v) is 1.56. The number of hydrogen-bond donors (Lipinski definition) is 2. The van der Waals surface area contributed by atoms with Gasteiger partial charge in [0.25, 0.3) is 0 Å². The second-order valence-electron chi connectivity index (χ2n) is 0.964. The minimum atomic E-state index is -1.31. The normalized spacial score (nSPS) is 5.60. The number of carboxylic acids is 2. The van der Waals surface area contributed by atoms with Gasteiger partial charge in [0.2, 0.25) is 0 Å². The largest absolute Gasteiger partial charge is 0.693 e. The van der Waals surface area contributed by atoms with Gasteiger partial charge in [0, 0.05) is 21.1 Å². The summed E-state index contributed by atoms with van der Waals surface area (Å²) < 4.78 is 0. The molecule has 0 aliphatic carbocycles. The van der Waals surface area contributed by atoms with Crippen molar-refractivity contribution in [2.24, 2.45) is 0 Å². The first-order chi connectivity index (χ1) is 3.13. The first-order valence-electron chi connectivity index (χ1n) is 1.56. The van der Waals surface area contributed by atoms with Crippen molar-refractivity contribution in [1.29, 1.82) is 0 Å². The Kier molecular flexibility index (Phi) is 25.7. The van der Waals surface area contributed by atoms with Crippen molar-refractivity contribution >= 4 is 11.9 Å². The summed E-state index contributed by atoms with van der Waals surface area (Å²) in [6.45, 7) is 0. The summed E-state index contributed by atoms with van der Waals surface area (Å²) in [5.74, 6) is -2.62. The number of carbonyl (C=O) groups is 2. The molecular weight excluding hydrogens is 325 g/mol. The monoisotopic (exact) mass is 333 g/mol. The number of rotatable bonds is 2. The summed E-state index contributed by atoms with van der Waals surface area (Å²) in [5, 5.41) is 15.4. The molecule has 0 amide bonds. The number of hydrogen-bond acceptors (Lipinski definition) is 2. The van der Waals surface area contributed by atoms with E-state index in [4.69, 9.17) is 10.2 Å². The van der Waals surface area contributed by atoms with Crippen molar-refractivity contribution < 1.29 is 46.3 Å². The van der Waals surface area contributed by atoms with Crippen LogP contribution in [0, 0.1) is 0 Å². The van der Waals surface area contributed by atoms with Gasteiger partial charge in [0.15, 0.2) is 0 Å². The van der Waals surface area contributed by atoms with Crippen LogP contribution in [0.3, 0.4) is 0 Å². The van der Waals surface area contributed by atoms with Crippen LogP contribution in [0.5, 0.6) is 0 Å². The van der Waals surface area contributed by atoms with E-state index >= 15 is 0 Å². The molecule has 0 heterocycles. The van der Waals surface area contributed by atoms with Gasteiger partial charge in [-0.25, -0.2) is 0 Å². The smallest absolute Gasteiger partial charge is 0.314 e. The van der Waals surface area contributed by atoms with Crippen LogP contribution in [0.15, 0.2) is 0 Å². The van der Waals surface area contributed by atoms with Gasteiger partial charge in [-0.1, -0.05) is 0 Å². The Morgan fingerprint density at radius 2 is 1.30 bits per heavy atom. The van der Waals surface area contributed by atoms with Crippen LogP contribution in [-0.2, 0) is 30.7 Å². The van der Waals surface area contributed by atoms with E-state index in [-0.39, 0.29) is 32.7 Å². The molecule has 6 nitrogen and oxygen atoms in total. The van der Waals surface area contributed by atoms with E-state index in [1.54, 1.807) is 0 Å². The number of nitrogens with two attached hydrogens (primary N) is 1. The molecule has 0 aromatic carbocycles. The standard InChI is InChI=1S/C3H4O4.H2N.H2O.Pt/c4-2(5)1-3(6)7;;;/h1H2,(H,4,5)(H,6,7);2*1H2;/q;-1;;. The van der Waals surface area contributed by atoms with Crippen LogP contribution in [0.4, 0.5) is 0 Å². The Labute approximate surface area is 71.4 Å². The number of carboxylic acid groups (broad SMARTS) is 2. The van der Waals surface area contributed by atoms with E-state index in [1.807, 2.05) is 0 Å². The van der Waals surface area contributed by atoms with Crippen molar-refractivity contribution in [2.45, 2.75) is 6.42 Å². The molecule has 0 saturated carbocycles. The molecule has 10 heavy (non-hydrogen) atoms. The van der Waals surface area contributed by atoms with E-state index < -0.39 is 18.4 Å². The Morgan fingerprint density at radius 1 is 1.10 bits per heavy atom. The maximum Gasteiger partial charge on any atom is 0.314 e. The van der Waals surface area contributed by atoms with Crippen molar-refractivity contribution in [1.82, 2.24) is 0 Å². The third-order valence-electron chi connectivity index (χ3n) is 0.302. The molecule has 0 aromatic heterocycles. The van der Waals surface area contributed by atoms with E-state index in [0.717, 1.165) is 0 Å². The summed E-state index contributed by atoms with van der Waals surface area (Å²) in [6, 6.07) is 0. The van der Waals surface area contributed by atoms with Gasteiger partial charge in [-0.3, -0.25) is 9.59 Å². The van der Waals surface area contributed by atoms with Crippen LogP contribution >= 0.6 is 0 Å². The Morgan fingerprint density at radius 3 is 1.30 bits per heavy atom. The van der Waals surface area contributed by atoms with Crippen LogP contribution in [0.1, 0.15) is 6.42 Å². The fourth-order valence-electron chi connectivity index (χ4n) is 0.129. The molecular formula is C3H8NO5Pt-. The van der Waals surface area contributed by atoms with Crippen LogP contribution in [0.25, 0.3) is 6.15 Å². The molecule has 0 aliphatic heterocycles. The zero-order valence-electron chi connectivity index (χ0n) is 4.81. The fourth-order valence-corrected chi connectivity index (χ4v) is 0.129. The molecule has 0 atom stereocenters. The van der Waals surface area contributed by atoms with Gasteiger partial charge in [-0.15, -0.1) is 0 Å². The third-order valence-corrected chi connectivity index (χ3v) is 0.302. The molecule has 7 heteroatoms. The summed E-state index contributed by atoms with van der Waals surface area (Å²) >= 11 is 0. The first kappa shape index (κ1) is 22.7. The SMILES string of the molecule is O.O=C(O)CC(=O)O.[NH2-].[Pt]. The zero-order chi connectivity index (χ0) is 5.86. The number of aliphatic carboxylic acids is 2. The molecule has 0 unspecified atom stereocenters. The molecule has 0 fully saturated rings. The Balaban J connectivity index is -0.0000000600. The quantitative estimate of drug-likeness (QED) is 0.653. The zero-order valence-corrected chi connectivity index (χ0v) is 7.08. The van der Waals surface area contributed by atoms with Crippen LogP contribution in [0.2, 0.25) is 0 Å². The molecule has 0 aliphatic rings. The van der Waals surface area contributed by atoms with Crippen molar-refractivity contribution in [2.75, 3.05) is 0 Å². The topological polar surface area (TPSA) is 140 Å². The molecule has 6 N–H and O–H groups in total. The molecule has 0 spiro atoms. The van der Waals surface area contributed by atoms with E-state index in [9.17, 15) is 9.59 Å². The van der Waals surface area contributed by atoms with Gasteiger partial charge in [0.05, 0.1) is 0 Å². The molecule has 0 rings (SSSR count). The van der Waals surface area contributed by atoms with Gasteiger partial charge in [-0.2, -0.15) is 0 Å². The predicted octanol–water partition coefficient (Wildman–Crippen LogP) is -0.564. The summed E-state index contributed by atoms with van der Waals surface area (Å²) in [5.41, 5.74) is 0. The van der Waals surface area contributed by atoms with Crippen molar-refractivity contribution in [3.63, 3.8) is 0 Å². The third kappa shape index (κ3) is 25.7. The van der Waals surface area contributed by atoms with Gasteiger partial charge >= 0.3 is 11.9 Å². The summed E-state index contributed by atoms with van der Waals surface area (Å²) in [7, 11) is 0. The van der Waals surface area contributed by atoms with E-state index in [0.29, 0.717) is 0 Å². The Bertz CT molecular complexity index is 93.1. The Hall–Kier alpha value is -0.452. The summed E-state index contributed by atoms with van der Waals surface area (Å²) in [6.07, 6.45) is -0.806. The second kappa shape index (κ2) is 11.4. The van der Waals surface area contributed by atoms with Gasteiger partial charge in [0.1, 0.15) is 6.42 Å². The van der Waals surface area contributed by atoms with Crippen LogP contribution in [-0.4, -0.2) is 27.6 Å². The minimum Gasteiger partial charge on any atom is -0.693 e. The maximum absolute atomic E-state index is 9.43. The molecule has 0 aromatic rings. The van der Waals surface area contributed by atoms with Crippen molar-refractivity contribution in [3.8, 4) is 0 Å². The predicted molar refractivity (Wildman–Crippen MR) is 28.8 cm³/mol. The maximum atomic E-state index is 9.43. The van der Waals surface area contributed by atoms with Crippen molar-refractivity contribution in [3.05, 3.63) is 6.15 Å². The second-order valence-corrected chi connectivity index (χ2v) is 0.964. The van der Waals surface area contributed by atoms with Gasteiger partial charge < -0.3 is 21.8 Å². The average Bonchev–Trinajstić information content (AvgIpc) is 1.27.